The van der Waals surface area contributed by atoms with Gasteiger partial charge in [-0.25, -0.2) is 0 Å². The smallest absolute Gasteiger partial charge is 0.0488 e. The van der Waals surface area contributed by atoms with E-state index in [0.29, 0.717) is 0 Å². The minimum atomic E-state index is -0.602. The highest BCUT2D eigenvalue weighted by atomic mass is 32.2. The van der Waals surface area contributed by atoms with Gasteiger partial charge in [-0.05, 0) is 40.8 Å². The van der Waals surface area contributed by atoms with Gasteiger partial charge in [0.2, 0.25) is 0 Å². The number of hydrogen-bond acceptors (Lipinski definition) is 2. The molecule has 0 saturated heterocycles. The van der Waals surface area contributed by atoms with Gasteiger partial charge in [-0.2, -0.15) is 11.8 Å². The van der Waals surface area contributed by atoms with Gasteiger partial charge in [0, 0.05) is 28.1 Å². The normalized spacial score (nSPS) is 19.7. The average Bonchev–Trinajstić information content (AvgIpc) is 2.55. The van der Waals surface area contributed by atoms with Crippen LogP contribution < -0.4 is 0 Å². The molecule has 0 bridgehead atoms. The molecule has 0 radical (unpaired) electrons. The molecule has 0 fully saturated rings. The van der Waals surface area contributed by atoms with Crippen LogP contribution in [-0.4, -0.2) is 15.7 Å². The van der Waals surface area contributed by atoms with Crippen LogP contribution in [-0.2, 0) is 35.1 Å². The van der Waals surface area contributed by atoms with Gasteiger partial charge in [0.15, 0.2) is 0 Å². The molecule has 21 heavy (non-hydrogen) atoms. The molecule has 3 heteroatoms. The Labute approximate surface area is 133 Å². The lowest BCUT2D eigenvalue weighted by Gasteiger charge is -2.13. The first-order valence-electron chi connectivity index (χ1n) is 7.39. The van der Waals surface area contributed by atoms with Gasteiger partial charge in [-0.15, -0.1) is 0 Å². The van der Waals surface area contributed by atoms with E-state index < -0.39 is 10.8 Å². The molecule has 2 heterocycles. The van der Waals surface area contributed by atoms with Crippen molar-refractivity contribution in [1.29, 1.82) is 0 Å². The first-order chi connectivity index (χ1) is 10.3. The summed E-state index contributed by atoms with van der Waals surface area (Å²) >= 11 is 2.04. The first kappa shape index (κ1) is 14.9. The fraction of sp³-hybridized carbons (Fsp3) is 0.333. The Hall–Kier alpha value is -1.06. The van der Waals surface area contributed by atoms with E-state index in [2.05, 4.69) is 36.4 Å². The summed E-state index contributed by atoms with van der Waals surface area (Å²) in [4.78, 5) is 0. The molecule has 0 spiro atoms. The lowest BCUT2D eigenvalue weighted by atomic mass is 10.1. The number of rotatable bonds is 0. The number of hydrogen-bond donors (Lipinski definition) is 0. The monoisotopic (exact) mass is 316 g/mol. The lowest BCUT2D eigenvalue weighted by Crippen LogP contribution is -2.12. The standard InChI is InChI=1S/C9H10OS.C9H10S/c10-11-6-5-8-3-1-2-4-9(8)7-11;1-2-4-9-7-10-6-5-8(9)3-1/h1-4H,5-7H2;1-4H,5-7H2. The van der Waals surface area contributed by atoms with Crippen molar-refractivity contribution in [2.75, 3.05) is 11.5 Å². The zero-order chi connectivity index (χ0) is 14.5. The molecule has 110 valence electrons. The van der Waals surface area contributed by atoms with Crippen molar-refractivity contribution in [2.45, 2.75) is 24.3 Å². The summed E-state index contributed by atoms with van der Waals surface area (Å²) in [6.07, 6.45) is 2.25. The van der Waals surface area contributed by atoms with Crippen LogP contribution in [0.4, 0.5) is 0 Å². The van der Waals surface area contributed by atoms with Crippen LogP contribution in [0.2, 0.25) is 0 Å². The second kappa shape index (κ2) is 7.28. The molecule has 1 nitrogen and oxygen atoms in total. The van der Waals surface area contributed by atoms with E-state index >= 15 is 0 Å². The third-order valence-corrected chi connectivity index (χ3v) is 6.23. The maximum atomic E-state index is 11.1. The highest BCUT2D eigenvalue weighted by molar-refractivity contribution is 7.98. The van der Waals surface area contributed by atoms with E-state index in [0.717, 1.165) is 17.9 Å². The van der Waals surface area contributed by atoms with Crippen molar-refractivity contribution >= 4 is 22.6 Å². The Morgan fingerprint density at radius 1 is 0.810 bits per heavy atom. The van der Waals surface area contributed by atoms with Gasteiger partial charge in [-0.3, -0.25) is 4.21 Å². The molecule has 1 unspecified atom stereocenters. The van der Waals surface area contributed by atoms with E-state index in [4.69, 9.17) is 0 Å². The second-order valence-corrected chi connectivity index (χ2v) is 8.06. The molecule has 2 aliphatic rings. The minimum absolute atomic E-state index is 0.602. The number of benzene rings is 2. The number of fused-ring (bicyclic) bond motifs is 2. The largest absolute Gasteiger partial charge is 0.259 e. The van der Waals surface area contributed by atoms with Crippen molar-refractivity contribution in [3.8, 4) is 0 Å². The van der Waals surface area contributed by atoms with Crippen LogP contribution in [0.15, 0.2) is 48.5 Å². The summed E-state index contributed by atoms with van der Waals surface area (Å²) < 4.78 is 11.1. The Balaban J connectivity index is 0.000000126. The van der Waals surface area contributed by atoms with Gasteiger partial charge in [0.1, 0.15) is 0 Å². The fourth-order valence-electron chi connectivity index (χ4n) is 2.72. The van der Waals surface area contributed by atoms with Crippen molar-refractivity contribution in [2.24, 2.45) is 0 Å². The summed E-state index contributed by atoms with van der Waals surface area (Å²) in [5.74, 6) is 4.13. The summed E-state index contributed by atoms with van der Waals surface area (Å²) in [5, 5.41) is 0. The molecule has 0 amide bonds. The Bertz CT molecular complexity index is 612. The predicted octanol–water partition coefficient (Wildman–Crippen LogP) is 3.97. The summed E-state index contributed by atoms with van der Waals surface area (Å²) in [6.45, 7) is 0. The molecule has 2 aromatic rings. The van der Waals surface area contributed by atoms with Gasteiger partial charge in [0.05, 0.1) is 0 Å². The summed E-state index contributed by atoms with van der Waals surface area (Å²) in [5.41, 5.74) is 5.75. The average molecular weight is 316 g/mol. The molecule has 2 aromatic carbocycles. The summed E-state index contributed by atoms with van der Waals surface area (Å²) in [6, 6.07) is 17.0. The first-order valence-corrected chi connectivity index (χ1v) is 10.0. The van der Waals surface area contributed by atoms with Crippen molar-refractivity contribution < 1.29 is 4.21 Å². The minimum Gasteiger partial charge on any atom is -0.259 e. The van der Waals surface area contributed by atoms with E-state index in [9.17, 15) is 4.21 Å². The Morgan fingerprint density at radius 3 is 2.14 bits per heavy atom. The molecule has 2 aliphatic heterocycles. The molecular formula is C18H20OS2. The zero-order valence-corrected chi connectivity index (χ0v) is 13.7. The topological polar surface area (TPSA) is 17.1 Å². The molecule has 0 N–H and O–H groups in total. The third kappa shape index (κ3) is 3.98. The zero-order valence-electron chi connectivity index (χ0n) is 12.1. The van der Waals surface area contributed by atoms with Crippen LogP contribution in [0.5, 0.6) is 0 Å². The van der Waals surface area contributed by atoms with Crippen LogP contribution in [0.25, 0.3) is 0 Å². The van der Waals surface area contributed by atoms with Crippen LogP contribution in [0.3, 0.4) is 0 Å². The lowest BCUT2D eigenvalue weighted by molar-refractivity contribution is 0.679. The van der Waals surface area contributed by atoms with E-state index in [1.807, 2.05) is 23.9 Å². The Kier molecular flexibility index (Phi) is 5.15. The number of thioether (sulfide) groups is 1. The molecule has 0 saturated carbocycles. The van der Waals surface area contributed by atoms with Gasteiger partial charge in [-0.1, -0.05) is 48.5 Å². The van der Waals surface area contributed by atoms with Crippen molar-refractivity contribution in [3.63, 3.8) is 0 Å². The highest BCUT2D eigenvalue weighted by Crippen LogP contribution is 2.23. The maximum Gasteiger partial charge on any atom is 0.0488 e. The van der Waals surface area contributed by atoms with Crippen molar-refractivity contribution in [3.05, 3.63) is 70.8 Å². The van der Waals surface area contributed by atoms with E-state index in [-0.39, 0.29) is 0 Å². The molecule has 4 rings (SSSR count). The Morgan fingerprint density at radius 2 is 1.43 bits per heavy atom. The van der Waals surface area contributed by atoms with Crippen LogP contribution >= 0.6 is 11.8 Å². The predicted molar refractivity (Wildman–Crippen MR) is 93.2 cm³/mol. The van der Waals surface area contributed by atoms with E-state index in [1.54, 1.807) is 11.1 Å². The quantitative estimate of drug-likeness (QED) is 0.731. The maximum absolute atomic E-state index is 11.1. The van der Waals surface area contributed by atoms with Gasteiger partial charge < -0.3 is 0 Å². The van der Waals surface area contributed by atoms with Crippen LogP contribution in [0.1, 0.15) is 22.3 Å². The van der Waals surface area contributed by atoms with Gasteiger partial charge in [0.25, 0.3) is 0 Å². The third-order valence-electron chi connectivity index (χ3n) is 3.93. The SMILES string of the molecule is O=S1CCc2ccccc2C1.c1ccc2c(c1)CCSC2. The fourth-order valence-corrected chi connectivity index (χ4v) is 4.95. The molecule has 0 aromatic heterocycles. The highest BCUT2D eigenvalue weighted by Gasteiger charge is 2.12. The summed E-state index contributed by atoms with van der Waals surface area (Å²) in [7, 11) is -0.602. The molecule has 1 atom stereocenters. The van der Waals surface area contributed by atoms with Crippen LogP contribution in [0, 0.1) is 0 Å². The van der Waals surface area contributed by atoms with Crippen molar-refractivity contribution in [1.82, 2.24) is 0 Å². The van der Waals surface area contributed by atoms with Gasteiger partial charge >= 0.3 is 0 Å². The van der Waals surface area contributed by atoms with E-state index in [1.165, 1.54) is 29.1 Å². The second-order valence-electron chi connectivity index (χ2n) is 5.38. The molecule has 0 aliphatic carbocycles. The molecular weight excluding hydrogens is 296 g/mol. The number of aryl methyl sites for hydroxylation is 2.